The quantitative estimate of drug-likeness (QED) is 0.526. The van der Waals surface area contributed by atoms with Crippen molar-refractivity contribution in [2.45, 2.75) is 6.92 Å². The van der Waals surface area contributed by atoms with E-state index < -0.39 is 0 Å². The summed E-state index contributed by atoms with van der Waals surface area (Å²) in [6.45, 7) is 6.25. The van der Waals surface area contributed by atoms with E-state index >= 15 is 0 Å². The summed E-state index contributed by atoms with van der Waals surface area (Å²) in [7, 11) is 2.16. The van der Waals surface area contributed by atoms with E-state index in [0.29, 0.717) is 0 Å². The number of nitrogens with two attached hydrogens (primary N) is 1. The largest absolute Gasteiger partial charge is 0.397 e. The number of benzene rings is 1. The molecule has 1 aromatic heterocycles. The average molecular weight is 314 g/mol. The second kappa shape index (κ2) is 6.50. The highest BCUT2D eigenvalue weighted by Crippen LogP contribution is 2.25. The van der Waals surface area contributed by atoms with E-state index in [4.69, 9.17) is 10.7 Å². The molecule has 2 heterocycles. The van der Waals surface area contributed by atoms with Crippen molar-refractivity contribution in [3.8, 4) is 0 Å². The Kier molecular flexibility index (Phi) is 4.45. The molecule has 1 fully saturated rings. The van der Waals surface area contributed by atoms with Gasteiger partial charge in [0.15, 0.2) is 0 Å². The summed E-state index contributed by atoms with van der Waals surface area (Å²) in [5.41, 5.74) is 8.83. The molecule has 0 radical (unpaired) electrons. The maximum Gasteiger partial charge on any atom is 0.137 e. The molecule has 3 rings (SSSR count). The van der Waals surface area contributed by atoms with E-state index in [1.54, 1.807) is 11.3 Å². The average Bonchev–Trinajstić information content (AvgIpc) is 2.94. The van der Waals surface area contributed by atoms with Gasteiger partial charge in [-0.1, -0.05) is 12.1 Å². The Morgan fingerprint density at radius 2 is 1.91 bits per heavy atom. The molecule has 0 amide bonds. The molecule has 1 aliphatic rings. The van der Waals surface area contributed by atoms with Crippen molar-refractivity contribution in [2.24, 2.45) is 4.99 Å². The number of hydrogen-bond acceptors (Lipinski definition) is 4. The SMILES string of the molecule is Cc1cc(C(=Nc2ccccc2N)N2CCN(C)CC2)cs1. The van der Waals surface area contributed by atoms with Gasteiger partial charge in [0.05, 0.1) is 11.4 Å². The molecule has 0 aliphatic carbocycles. The van der Waals surface area contributed by atoms with Gasteiger partial charge >= 0.3 is 0 Å². The summed E-state index contributed by atoms with van der Waals surface area (Å²) in [5.74, 6) is 1.04. The number of aliphatic imine (C=N–C) groups is 1. The Bertz CT molecular complexity index is 669. The lowest BCUT2D eigenvalue weighted by Crippen LogP contribution is -2.47. The van der Waals surface area contributed by atoms with Gasteiger partial charge in [-0.25, -0.2) is 4.99 Å². The second-order valence-corrected chi connectivity index (χ2v) is 6.85. The number of amidine groups is 1. The first-order chi connectivity index (χ1) is 10.6. The van der Waals surface area contributed by atoms with Crippen LogP contribution in [0.4, 0.5) is 11.4 Å². The van der Waals surface area contributed by atoms with Crippen molar-refractivity contribution < 1.29 is 0 Å². The molecule has 1 saturated heterocycles. The van der Waals surface area contributed by atoms with Crippen LogP contribution in [0.2, 0.25) is 0 Å². The van der Waals surface area contributed by atoms with Gasteiger partial charge in [0.1, 0.15) is 5.84 Å². The second-order valence-electron chi connectivity index (χ2n) is 5.73. The minimum Gasteiger partial charge on any atom is -0.397 e. The number of likely N-dealkylation sites (N-methyl/N-ethyl adjacent to an activating group) is 1. The van der Waals surface area contributed by atoms with Gasteiger partial charge in [-0.3, -0.25) is 0 Å². The Hall–Kier alpha value is -1.85. The van der Waals surface area contributed by atoms with E-state index in [-0.39, 0.29) is 0 Å². The summed E-state index contributed by atoms with van der Waals surface area (Å²) in [6.07, 6.45) is 0. The van der Waals surface area contributed by atoms with Gasteiger partial charge in [-0.15, -0.1) is 11.3 Å². The minimum absolute atomic E-state index is 0.723. The number of nitrogen functional groups attached to an aromatic ring is 1. The molecule has 0 unspecified atom stereocenters. The number of hydrogen-bond donors (Lipinski definition) is 1. The summed E-state index contributed by atoms with van der Waals surface area (Å²) in [6, 6.07) is 10.0. The zero-order valence-corrected chi connectivity index (χ0v) is 13.9. The molecular formula is C17H22N4S. The van der Waals surface area contributed by atoms with Crippen molar-refractivity contribution in [2.75, 3.05) is 39.0 Å². The fourth-order valence-electron chi connectivity index (χ4n) is 2.60. The number of thiophene rings is 1. The fraction of sp³-hybridized carbons (Fsp3) is 0.353. The van der Waals surface area contributed by atoms with Crippen molar-refractivity contribution in [1.82, 2.24) is 9.80 Å². The van der Waals surface area contributed by atoms with Gasteiger partial charge in [0, 0.05) is 42.0 Å². The van der Waals surface area contributed by atoms with E-state index in [9.17, 15) is 0 Å². The smallest absolute Gasteiger partial charge is 0.137 e. The van der Waals surface area contributed by atoms with Gasteiger partial charge in [0.25, 0.3) is 0 Å². The summed E-state index contributed by atoms with van der Waals surface area (Å²) >= 11 is 1.76. The molecule has 2 aromatic rings. The molecular weight excluding hydrogens is 292 g/mol. The first-order valence-corrected chi connectivity index (χ1v) is 8.43. The van der Waals surface area contributed by atoms with Crippen molar-refractivity contribution >= 4 is 28.5 Å². The van der Waals surface area contributed by atoms with Crippen molar-refractivity contribution in [3.63, 3.8) is 0 Å². The van der Waals surface area contributed by atoms with Crippen LogP contribution in [-0.4, -0.2) is 48.9 Å². The number of rotatable bonds is 2. The lowest BCUT2D eigenvalue weighted by molar-refractivity contribution is 0.216. The van der Waals surface area contributed by atoms with Crippen LogP contribution in [0.1, 0.15) is 10.4 Å². The molecule has 116 valence electrons. The van der Waals surface area contributed by atoms with Gasteiger partial charge < -0.3 is 15.5 Å². The van der Waals surface area contributed by atoms with Crippen molar-refractivity contribution in [3.05, 3.63) is 46.2 Å². The van der Waals surface area contributed by atoms with Crippen LogP contribution >= 0.6 is 11.3 Å². The fourth-order valence-corrected chi connectivity index (χ4v) is 3.28. The first-order valence-electron chi connectivity index (χ1n) is 7.55. The maximum atomic E-state index is 6.07. The molecule has 22 heavy (non-hydrogen) atoms. The van der Waals surface area contributed by atoms with Crippen LogP contribution in [0.15, 0.2) is 40.7 Å². The van der Waals surface area contributed by atoms with Crippen LogP contribution < -0.4 is 5.73 Å². The number of piperazine rings is 1. The molecule has 5 heteroatoms. The number of para-hydroxylation sites is 2. The molecule has 2 N–H and O–H groups in total. The number of anilines is 1. The standard InChI is InChI=1S/C17H22N4S/c1-13-11-14(12-22-13)17(21-9-7-20(2)8-10-21)19-16-6-4-3-5-15(16)18/h3-6,11-12H,7-10,18H2,1-2H3. The zero-order chi connectivity index (χ0) is 15.5. The van der Waals surface area contributed by atoms with E-state index in [2.05, 4.69) is 35.2 Å². The molecule has 1 aromatic carbocycles. The third-order valence-electron chi connectivity index (χ3n) is 3.95. The van der Waals surface area contributed by atoms with Crippen molar-refractivity contribution in [1.29, 1.82) is 0 Å². The predicted octanol–water partition coefficient (Wildman–Crippen LogP) is 2.96. The lowest BCUT2D eigenvalue weighted by atomic mass is 10.2. The van der Waals surface area contributed by atoms with E-state index in [1.807, 2.05) is 24.3 Å². The summed E-state index contributed by atoms with van der Waals surface area (Å²) in [5, 5.41) is 2.19. The Morgan fingerprint density at radius 1 is 1.18 bits per heavy atom. The van der Waals surface area contributed by atoms with Crippen LogP contribution in [-0.2, 0) is 0 Å². The monoisotopic (exact) mass is 314 g/mol. The first kappa shape index (κ1) is 15.1. The topological polar surface area (TPSA) is 44.9 Å². The van der Waals surface area contributed by atoms with Gasteiger partial charge in [-0.05, 0) is 32.2 Å². The van der Waals surface area contributed by atoms with Gasteiger partial charge in [-0.2, -0.15) is 0 Å². The van der Waals surface area contributed by atoms with Crippen LogP contribution in [0.3, 0.4) is 0 Å². The van der Waals surface area contributed by atoms with E-state index in [0.717, 1.165) is 43.4 Å². The third-order valence-corrected chi connectivity index (χ3v) is 4.82. The predicted molar refractivity (Wildman–Crippen MR) is 95.2 cm³/mol. The lowest BCUT2D eigenvalue weighted by Gasteiger charge is -2.34. The van der Waals surface area contributed by atoms with Crippen LogP contribution in [0.25, 0.3) is 0 Å². The molecule has 0 saturated carbocycles. The molecule has 4 nitrogen and oxygen atoms in total. The Morgan fingerprint density at radius 3 is 2.55 bits per heavy atom. The summed E-state index contributed by atoms with van der Waals surface area (Å²) in [4.78, 5) is 10.9. The normalized spacial score (nSPS) is 17.0. The molecule has 0 atom stereocenters. The maximum absolute atomic E-state index is 6.07. The Balaban J connectivity index is 1.98. The number of nitrogens with zero attached hydrogens (tertiary/aromatic N) is 3. The highest BCUT2D eigenvalue weighted by atomic mass is 32.1. The minimum atomic E-state index is 0.723. The Labute approximate surface area is 135 Å². The van der Waals surface area contributed by atoms with E-state index in [1.165, 1.54) is 10.4 Å². The highest BCUT2D eigenvalue weighted by Gasteiger charge is 2.20. The van der Waals surface area contributed by atoms with Crippen LogP contribution in [0.5, 0.6) is 0 Å². The van der Waals surface area contributed by atoms with Gasteiger partial charge in [0.2, 0.25) is 0 Å². The zero-order valence-electron chi connectivity index (χ0n) is 13.1. The molecule has 0 spiro atoms. The summed E-state index contributed by atoms with van der Waals surface area (Å²) < 4.78 is 0. The third kappa shape index (κ3) is 3.31. The highest BCUT2D eigenvalue weighted by molar-refractivity contribution is 7.10. The molecule has 1 aliphatic heterocycles. The number of aryl methyl sites for hydroxylation is 1. The van der Waals surface area contributed by atoms with Crippen LogP contribution in [0, 0.1) is 6.92 Å². The molecule has 0 bridgehead atoms.